The molecule has 4 fully saturated rings. The van der Waals surface area contributed by atoms with Crippen molar-refractivity contribution in [3.05, 3.63) is 12.7 Å². The number of nitrogens with zero attached hydrogens (tertiary/aromatic N) is 1. The molecule has 0 amide bonds. The minimum Gasteiger partial charge on any atom is -0.294 e. The predicted molar refractivity (Wildman–Crippen MR) is 49.9 cm³/mol. The highest BCUT2D eigenvalue weighted by molar-refractivity contribution is 5.17. The fourth-order valence-electron chi connectivity index (χ4n) is 3.01. The molecule has 2 saturated carbocycles. The average Bonchev–Trinajstić information content (AvgIpc) is 2.83. The second kappa shape index (κ2) is 2.14. The van der Waals surface area contributed by atoms with Crippen LogP contribution in [0.25, 0.3) is 0 Å². The molecule has 0 N–H and O–H groups in total. The van der Waals surface area contributed by atoms with Crippen LogP contribution in [0.1, 0.15) is 25.7 Å². The van der Waals surface area contributed by atoms with Gasteiger partial charge in [-0.1, -0.05) is 6.08 Å². The molecule has 0 radical (unpaired) electrons. The average molecular weight is 163 g/mol. The number of hydrogen-bond donors (Lipinski definition) is 0. The third-order valence-corrected chi connectivity index (χ3v) is 4.06. The number of fused-ring (bicyclic) bond motifs is 2. The van der Waals surface area contributed by atoms with Gasteiger partial charge in [-0.05, 0) is 37.5 Å². The molecule has 4 rings (SSSR count). The summed E-state index contributed by atoms with van der Waals surface area (Å²) < 4.78 is 0. The zero-order chi connectivity index (χ0) is 8.18. The molecule has 0 aromatic carbocycles. The first-order valence-corrected chi connectivity index (χ1v) is 5.21. The van der Waals surface area contributed by atoms with Crippen LogP contribution in [0, 0.1) is 11.8 Å². The standard InChI is InChI=1S/C11H17N/c1-2-11(3-4-11)12-7-9-5-10(6-9)8-12/h2,9-10H,1,3-8H2. The molecule has 66 valence electrons. The van der Waals surface area contributed by atoms with Gasteiger partial charge in [-0.3, -0.25) is 4.90 Å². The van der Waals surface area contributed by atoms with Crippen LogP contribution in [0.15, 0.2) is 12.7 Å². The van der Waals surface area contributed by atoms with Gasteiger partial charge in [0.25, 0.3) is 0 Å². The summed E-state index contributed by atoms with van der Waals surface area (Å²) in [7, 11) is 0. The lowest BCUT2D eigenvalue weighted by Gasteiger charge is -2.49. The summed E-state index contributed by atoms with van der Waals surface area (Å²) in [5.41, 5.74) is 0.470. The van der Waals surface area contributed by atoms with Gasteiger partial charge in [-0.15, -0.1) is 6.58 Å². The van der Waals surface area contributed by atoms with Gasteiger partial charge in [0.1, 0.15) is 0 Å². The van der Waals surface area contributed by atoms with E-state index < -0.39 is 0 Å². The Labute approximate surface area is 74.4 Å². The van der Waals surface area contributed by atoms with Crippen molar-refractivity contribution in [3.8, 4) is 0 Å². The van der Waals surface area contributed by atoms with Gasteiger partial charge in [0, 0.05) is 18.6 Å². The maximum absolute atomic E-state index is 3.97. The van der Waals surface area contributed by atoms with E-state index in [-0.39, 0.29) is 0 Å². The summed E-state index contributed by atoms with van der Waals surface area (Å²) >= 11 is 0. The van der Waals surface area contributed by atoms with Crippen molar-refractivity contribution in [2.75, 3.05) is 13.1 Å². The lowest BCUT2D eigenvalue weighted by atomic mass is 9.70. The minimum absolute atomic E-state index is 0.470. The van der Waals surface area contributed by atoms with Crippen LogP contribution in [0.3, 0.4) is 0 Å². The van der Waals surface area contributed by atoms with Gasteiger partial charge in [0.2, 0.25) is 0 Å². The molecule has 4 aliphatic rings. The summed E-state index contributed by atoms with van der Waals surface area (Å²) in [5, 5.41) is 0. The van der Waals surface area contributed by atoms with E-state index in [4.69, 9.17) is 0 Å². The van der Waals surface area contributed by atoms with Crippen molar-refractivity contribution >= 4 is 0 Å². The minimum atomic E-state index is 0.470. The van der Waals surface area contributed by atoms with Crippen LogP contribution in [0.4, 0.5) is 0 Å². The van der Waals surface area contributed by atoms with Crippen LogP contribution in [-0.4, -0.2) is 23.5 Å². The lowest BCUT2D eigenvalue weighted by molar-refractivity contribution is 0.00533. The monoisotopic (exact) mass is 163 g/mol. The van der Waals surface area contributed by atoms with Crippen LogP contribution in [0.2, 0.25) is 0 Å². The van der Waals surface area contributed by atoms with E-state index in [1.54, 1.807) is 0 Å². The Kier molecular flexibility index (Phi) is 1.27. The fraction of sp³-hybridized carbons (Fsp3) is 0.818. The van der Waals surface area contributed by atoms with Gasteiger partial charge in [0.05, 0.1) is 0 Å². The highest BCUT2D eigenvalue weighted by Crippen LogP contribution is 2.49. The molecular weight excluding hydrogens is 146 g/mol. The van der Waals surface area contributed by atoms with E-state index >= 15 is 0 Å². The molecule has 1 heteroatoms. The van der Waals surface area contributed by atoms with E-state index in [0.29, 0.717) is 5.54 Å². The summed E-state index contributed by atoms with van der Waals surface area (Å²) in [6, 6.07) is 0. The van der Waals surface area contributed by atoms with Gasteiger partial charge < -0.3 is 0 Å². The molecule has 0 atom stereocenters. The van der Waals surface area contributed by atoms with Crippen molar-refractivity contribution < 1.29 is 0 Å². The SMILES string of the molecule is C=CC1(N2CC3CC(C3)C2)CC1. The second-order valence-corrected chi connectivity index (χ2v) is 4.92. The van der Waals surface area contributed by atoms with Crippen LogP contribution >= 0.6 is 0 Å². The molecule has 2 heterocycles. The lowest BCUT2D eigenvalue weighted by Crippen LogP contribution is -2.52. The van der Waals surface area contributed by atoms with E-state index in [1.165, 1.54) is 38.8 Å². The Hall–Kier alpha value is -0.300. The molecule has 2 aliphatic carbocycles. The maximum Gasteiger partial charge on any atom is 0.0390 e. The van der Waals surface area contributed by atoms with Crippen LogP contribution < -0.4 is 0 Å². The van der Waals surface area contributed by atoms with Crippen molar-refractivity contribution in [3.63, 3.8) is 0 Å². The first-order chi connectivity index (χ1) is 5.82. The normalized spacial score (nSPS) is 43.3. The summed E-state index contributed by atoms with van der Waals surface area (Å²) in [6.07, 6.45) is 7.97. The molecule has 0 aromatic heterocycles. The Morgan fingerprint density at radius 3 is 2.17 bits per heavy atom. The number of rotatable bonds is 2. The largest absolute Gasteiger partial charge is 0.294 e. The van der Waals surface area contributed by atoms with Gasteiger partial charge in [0.15, 0.2) is 0 Å². The van der Waals surface area contributed by atoms with Gasteiger partial charge in [-0.25, -0.2) is 0 Å². The molecule has 0 spiro atoms. The van der Waals surface area contributed by atoms with Crippen molar-refractivity contribution in [2.45, 2.75) is 31.2 Å². The molecule has 12 heavy (non-hydrogen) atoms. The molecule has 2 aliphatic heterocycles. The van der Waals surface area contributed by atoms with E-state index in [2.05, 4.69) is 17.6 Å². The third-order valence-electron chi connectivity index (χ3n) is 4.06. The van der Waals surface area contributed by atoms with Gasteiger partial charge in [-0.2, -0.15) is 0 Å². The Balaban J connectivity index is 1.74. The zero-order valence-corrected chi connectivity index (χ0v) is 7.63. The van der Waals surface area contributed by atoms with E-state index in [0.717, 1.165) is 11.8 Å². The molecule has 2 saturated heterocycles. The molecular formula is C11H17N. The molecule has 2 bridgehead atoms. The summed E-state index contributed by atoms with van der Waals surface area (Å²) in [4.78, 5) is 2.70. The van der Waals surface area contributed by atoms with Crippen molar-refractivity contribution in [1.82, 2.24) is 4.90 Å². The Bertz CT molecular complexity index is 201. The smallest absolute Gasteiger partial charge is 0.0390 e. The number of piperidine rings is 2. The predicted octanol–water partition coefficient (Wildman–Crippen LogP) is 2.05. The molecule has 1 nitrogen and oxygen atoms in total. The first-order valence-electron chi connectivity index (χ1n) is 5.21. The second-order valence-electron chi connectivity index (χ2n) is 4.92. The molecule has 0 aromatic rings. The van der Waals surface area contributed by atoms with Crippen molar-refractivity contribution in [2.24, 2.45) is 11.8 Å². The Morgan fingerprint density at radius 1 is 1.17 bits per heavy atom. The summed E-state index contributed by atoms with van der Waals surface area (Å²) in [5.74, 6) is 2.09. The highest BCUT2D eigenvalue weighted by Gasteiger charge is 2.50. The van der Waals surface area contributed by atoms with Crippen LogP contribution in [0.5, 0.6) is 0 Å². The number of hydrogen-bond acceptors (Lipinski definition) is 1. The molecule has 0 unspecified atom stereocenters. The zero-order valence-electron chi connectivity index (χ0n) is 7.63. The summed E-state index contributed by atoms with van der Waals surface area (Å²) in [6.45, 7) is 6.70. The Morgan fingerprint density at radius 2 is 1.75 bits per heavy atom. The van der Waals surface area contributed by atoms with Crippen LogP contribution in [-0.2, 0) is 0 Å². The topological polar surface area (TPSA) is 3.24 Å². The van der Waals surface area contributed by atoms with Crippen molar-refractivity contribution in [1.29, 1.82) is 0 Å². The maximum atomic E-state index is 3.97. The highest BCUT2D eigenvalue weighted by atomic mass is 15.2. The van der Waals surface area contributed by atoms with Gasteiger partial charge >= 0.3 is 0 Å². The van der Waals surface area contributed by atoms with E-state index in [9.17, 15) is 0 Å². The van der Waals surface area contributed by atoms with E-state index in [1.807, 2.05) is 0 Å². The third kappa shape index (κ3) is 0.832. The quantitative estimate of drug-likeness (QED) is 0.563. The fourth-order valence-corrected chi connectivity index (χ4v) is 3.01. The first kappa shape index (κ1) is 7.14.